The summed E-state index contributed by atoms with van der Waals surface area (Å²) in [5.41, 5.74) is 1.60. The highest BCUT2D eigenvalue weighted by Crippen LogP contribution is 2.22. The molecule has 0 atom stereocenters. The molecule has 2 aromatic rings. The van der Waals surface area contributed by atoms with E-state index < -0.39 is 0 Å². The van der Waals surface area contributed by atoms with Crippen LogP contribution in [0.3, 0.4) is 0 Å². The van der Waals surface area contributed by atoms with E-state index in [9.17, 15) is 0 Å². The molecule has 0 bridgehead atoms. The predicted octanol–water partition coefficient (Wildman–Crippen LogP) is 2.98. The molecule has 1 aromatic heterocycles. The second-order valence-electron chi connectivity index (χ2n) is 3.02. The predicted molar refractivity (Wildman–Crippen MR) is 62.7 cm³/mol. The second-order valence-corrected chi connectivity index (χ2v) is 4.21. The molecule has 0 spiro atoms. The van der Waals surface area contributed by atoms with Crippen LogP contribution < -0.4 is 0 Å². The molecule has 0 saturated carbocycles. The Morgan fingerprint density at radius 1 is 1.33 bits per heavy atom. The van der Waals surface area contributed by atoms with Crippen molar-refractivity contribution in [2.24, 2.45) is 0 Å². The van der Waals surface area contributed by atoms with Gasteiger partial charge in [0, 0.05) is 10.6 Å². The van der Waals surface area contributed by atoms with Crippen molar-refractivity contribution in [2.45, 2.75) is 6.61 Å². The number of halogens is 2. The van der Waals surface area contributed by atoms with E-state index in [1.54, 1.807) is 12.1 Å². The van der Waals surface area contributed by atoms with Gasteiger partial charge in [-0.2, -0.15) is 0 Å². The summed E-state index contributed by atoms with van der Waals surface area (Å²) in [6.45, 7) is -0.0683. The molecular weight excluding hydrogens is 279 g/mol. The number of aliphatic hydroxyl groups excluding tert-OH is 1. The van der Waals surface area contributed by atoms with Crippen molar-refractivity contribution >= 4 is 27.5 Å². The Hall–Kier alpha value is -0.840. The van der Waals surface area contributed by atoms with Crippen LogP contribution in [0, 0.1) is 0 Å². The van der Waals surface area contributed by atoms with E-state index in [-0.39, 0.29) is 6.61 Å². The molecule has 15 heavy (non-hydrogen) atoms. The first-order chi connectivity index (χ1) is 7.20. The van der Waals surface area contributed by atoms with Crippen molar-refractivity contribution in [3.05, 3.63) is 39.6 Å². The molecule has 2 N–H and O–H groups in total. The summed E-state index contributed by atoms with van der Waals surface area (Å²) >= 11 is 9.04. The van der Waals surface area contributed by atoms with Crippen LogP contribution in [0.2, 0.25) is 5.02 Å². The molecule has 0 saturated heterocycles. The highest BCUT2D eigenvalue weighted by molar-refractivity contribution is 9.10. The van der Waals surface area contributed by atoms with Crippen LogP contribution in [-0.4, -0.2) is 15.1 Å². The van der Waals surface area contributed by atoms with Gasteiger partial charge in [-0.1, -0.05) is 11.6 Å². The second kappa shape index (κ2) is 4.35. The fourth-order valence-corrected chi connectivity index (χ4v) is 1.77. The van der Waals surface area contributed by atoms with E-state index in [4.69, 9.17) is 16.7 Å². The highest BCUT2D eigenvalue weighted by atomic mass is 79.9. The maximum atomic E-state index is 9.00. The maximum Gasteiger partial charge on any atom is 0.138 e. The van der Waals surface area contributed by atoms with E-state index in [1.165, 1.54) is 0 Å². The Bertz CT molecular complexity index is 467. The number of hydrogen-bond donors (Lipinski definition) is 2. The fourth-order valence-electron chi connectivity index (χ4n) is 1.24. The minimum atomic E-state index is -0.0683. The molecule has 1 heterocycles. The zero-order valence-corrected chi connectivity index (χ0v) is 10.0. The van der Waals surface area contributed by atoms with E-state index in [1.807, 2.05) is 12.1 Å². The van der Waals surface area contributed by atoms with Gasteiger partial charge in [0.2, 0.25) is 0 Å². The third-order valence-electron chi connectivity index (χ3n) is 2.00. The Balaban J connectivity index is 2.41. The van der Waals surface area contributed by atoms with Crippen LogP contribution in [0.1, 0.15) is 5.69 Å². The number of imidazole rings is 1. The monoisotopic (exact) mass is 286 g/mol. The minimum Gasteiger partial charge on any atom is -0.390 e. The molecule has 0 unspecified atom stereocenters. The minimum absolute atomic E-state index is 0.0683. The number of aromatic nitrogens is 2. The zero-order valence-electron chi connectivity index (χ0n) is 7.67. The van der Waals surface area contributed by atoms with Crippen LogP contribution in [0.5, 0.6) is 0 Å². The summed E-state index contributed by atoms with van der Waals surface area (Å²) in [4.78, 5) is 7.26. The molecular formula is C10H8BrClN2O. The number of rotatable bonds is 2. The largest absolute Gasteiger partial charge is 0.390 e. The highest BCUT2D eigenvalue weighted by Gasteiger charge is 2.07. The molecule has 78 valence electrons. The number of nitrogens with zero attached hydrogens (tertiary/aromatic N) is 1. The standard InChI is InChI=1S/C10H8BrClN2O/c11-9-8(5-15)13-10(14-9)6-1-3-7(12)4-2-6/h1-4,15H,5H2,(H,13,14). The quantitative estimate of drug-likeness (QED) is 0.892. The molecule has 1 aromatic carbocycles. The van der Waals surface area contributed by atoms with Gasteiger partial charge in [-0.15, -0.1) is 0 Å². The van der Waals surface area contributed by atoms with E-state index >= 15 is 0 Å². The summed E-state index contributed by atoms with van der Waals surface area (Å²) < 4.78 is 0.634. The van der Waals surface area contributed by atoms with Gasteiger partial charge in [-0.05, 0) is 40.2 Å². The van der Waals surface area contributed by atoms with Crippen LogP contribution in [0.4, 0.5) is 0 Å². The lowest BCUT2D eigenvalue weighted by Gasteiger charge is -1.96. The van der Waals surface area contributed by atoms with Gasteiger partial charge in [-0.3, -0.25) is 0 Å². The SMILES string of the molecule is OCc1[nH]c(-c2ccc(Cl)cc2)nc1Br. The summed E-state index contributed by atoms with van der Waals surface area (Å²) in [7, 11) is 0. The first kappa shape index (κ1) is 10.7. The number of benzene rings is 1. The summed E-state index contributed by atoms with van der Waals surface area (Å²) in [5.74, 6) is 0.711. The normalized spacial score (nSPS) is 10.6. The van der Waals surface area contributed by atoms with E-state index in [0.29, 0.717) is 21.1 Å². The molecule has 5 heteroatoms. The number of aromatic amines is 1. The Labute approximate surface area is 100 Å². The number of nitrogens with one attached hydrogen (secondary N) is 1. The number of aliphatic hydroxyl groups is 1. The van der Waals surface area contributed by atoms with Crippen molar-refractivity contribution in [2.75, 3.05) is 0 Å². The van der Waals surface area contributed by atoms with Crippen molar-refractivity contribution in [1.82, 2.24) is 9.97 Å². The van der Waals surface area contributed by atoms with E-state index in [2.05, 4.69) is 25.9 Å². The van der Waals surface area contributed by atoms with Crippen molar-refractivity contribution in [1.29, 1.82) is 0 Å². The first-order valence-corrected chi connectivity index (χ1v) is 5.49. The maximum absolute atomic E-state index is 9.00. The number of H-pyrrole nitrogens is 1. The van der Waals surface area contributed by atoms with Crippen LogP contribution in [0.15, 0.2) is 28.9 Å². The van der Waals surface area contributed by atoms with Gasteiger partial charge in [-0.25, -0.2) is 4.98 Å². The molecule has 0 aliphatic heterocycles. The van der Waals surface area contributed by atoms with Crippen molar-refractivity contribution in [3.63, 3.8) is 0 Å². The summed E-state index contributed by atoms with van der Waals surface area (Å²) in [5, 5.41) is 9.69. The van der Waals surface area contributed by atoms with Gasteiger partial charge in [0.1, 0.15) is 10.4 Å². The van der Waals surface area contributed by atoms with Crippen LogP contribution >= 0.6 is 27.5 Å². The average molecular weight is 288 g/mol. The van der Waals surface area contributed by atoms with Crippen molar-refractivity contribution < 1.29 is 5.11 Å². The van der Waals surface area contributed by atoms with Gasteiger partial charge in [0.05, 0.1) is 12.3 Å². The molecule has 0 radical (unpaired) electrons. The zero-order chi connectivity index (χ0) is 10.8. The molecule has 2 rings (SSSR count). The number of hydrogen-bond acceptors (Lipinski definition) is 2. The van der Waals surface area contributed by atoms with Crippen molar-refractivity contribution in [3.8, 4) is 11.4 Å². The molecule has 0 aliphatic carbocycles. The third kappa shape index (κ3) is 2.22. The molecule has 0 amide bonds. The first-order valence-electron chi connectivity index (χ1n) is 4.32. The van der Waals surface area contributed by atoms with Crippen LogP contribution in [-0.2, 0) is 6.61 Å². The summed E-state index contributed by atoms with van der Waals surface area (Å²) in [6.07, 6.45) is 0. The third-order valence-corrected chi connectivity index (χ3v) is 2.91. The summed E-state index contributed by atoms with van der Waals surface area (Å²) in [6, 6.07) is 7.33. The van der Waals surface area contributed by atoms with Gasteiger partial charge in [0.25, 0.3) is 0 Å². The fraction of sp³-hybridized carbons (Fsp3) is 0.100. The van der Waals surface area contributed by atoms with E-state index in [0.717, 1.165) is 5.56 Å². The van der Waals surface area contributed by atoms with Gasteiger partial charge < -0.3 is 10.1 Å². The van der Waals surface area contributed by atoms with Gasteiger partial charge in [0.15, 0.2) is 0 Å². The Morgan fingerprint density at radius 3 is 2.53 bits per heavy atom. The average Bonchev–Trinajstić information content (AvgIpc) is 2.61. The lowest BCUT2D eigenvalue weighted by Crippen LogP contribution is -1.83. The van der Waals surface area contributed by atoms with Gasteiger partial charge >= 0.3 is 0 Å². The van der Waals surface area contributed by atoms with Crippen LogP contribution in [0.25, 0.3) is 11.4 Å². The molecule has 3 nitrogen and oxygen atoms in total. The lowest BCUT2D eigenvalue weighted by atomic mass is 10.2. The molecule has 0 aliphatic rings. The smallest absolute Gasteiger partial charge is 0.138 e. The Kier molecular flexibility index (Phi) is 3.09. The lowest BCUT2D eigenvalue weighted by molar-refractivity contribution is 0.276. The molecule has 0 fully saturated rings. The topological polar surface area (TPSA) is 48.9 Å². The Morgan fingerprint density at radius 2 is 2.00 bits per heavy atom.